The fourth-order valence-electron chi connectivity index (χ4n) is 3.91. The second-order valence-corrected chi connectivity index (χ2v) is 8.17. The number of aromatic nitrogens is 4. The molecule has 176 valence electrons. The fraction of sp³-hybridized carbons (Fsp3) is 0.429. The number of aliphatic hydroxyl groups excluding tert-OH is 2. The number of rotatable bonds is 7. The van der Waals surface area contributed by atoms with Gasteiger partial charge < -0.3 is 36.0 Å². The molecule has 4 rings (SSSR count). The van der Waals surface area contributed by atoms with Crippen LogP contribution in [0.5, 0.6) is 5.75 Å². The summed E-state index contributed by atoms with van der Waals surface area (Å²) in [4.78, 5) is 27.4. The number of phenols is 1. The number of nitrogens with zero attached hydrogens (tertiary/aromatic N) is 5. The van der Waals surface area contributed by atoms with E-state index in [-0.39, 0.29) is 12.2 Å². The number of aliphatic hydroxyl groups is 2. The predicted molar refractivity (Wildman–Crippen MR) is 118 cm³/mol. The zero-order chi connectivity index (χ0) is 23.7. The molecule has 33 heavy (non-hydrogen) atoms. The van der Waals surface area contributed by atoms with E-state index >= 15 is 0 Å². The molecule has 1 fully saturated rings. The molecule has 1 aromatic carbocycles. The monoisotopic (exact) mass is 457 g/mol. The largest absolute Gasteiger partial charge is 0.508 e. The number of nitrogens with two attached hydrogens (primary N) is 1. The first-order chi connectivity index (χ1) is 15.8. The number of imidazole rings is 1. The summed E-state index contributed by atoms with van der Waals surface area (Å²) >= 11 is 0. The summed E-state index contributed by atoms with van der Waals surface area (Å²) in [6.45, 7) is -0.420. The number of anilines is 1. The lowest BCUT2D eigenvalue weighted by molar-refractivity contribution is -0.124. The number of benzene rings is 1. The first kappa shape index (κ1) is 22.9. The maximum absolute atomic E-state index is 12.7. The summed E-state index contributed by atoms with van der Waals surface area (Å²) in [6, 6.07) is 4.59. The SMILES string of the molecule is CN(C)c1ncnc2c1ncn2[C@@H]1O[C@H](CO)[C@@H](NC(=O)[C@H](N)Cc2ccc(O)cc2)[C@H]1O. The molecule has 0 spiro atoms. The van der Waals surface area contributed by atoms with Crippen molar-refractivity contribution < 1.29 is 24.9 Å². The summed E-state index contributed by atoms with van der Waals surface area (Å²) in [5, 5.41) is 32.9. The van der Waals surface area contributed by atoms with Gasteiger partial charge in [0.05, 0.1) is 25.0 Å². The first-order valence-corrected chi connectivity index (χ1v) is 10.4. The number of carbonyl (C=O) groups excluding carboxylic acids is 1. The smallest absolute Gasteiger partial charge is 0.237 e. The van der Waals surface area contributed by atoms with E-state index in [0.717, 1.165) is 5.56 Å². The molecule has 3 aromatic rings. The summed E-state index contributed by atoms with van der Waals surface area (Å²) in [7, 11) is 3.66. The van der Waals surface area contributed by atoms with E-state index in [2.05, 4.69) is 20.3 Å². The normalized spacial score (nSPS) is 23.5. The second-order valence-electron chi connectivity index (χ2n) is 8.17. The third kappa shape index (κ3) is 4.46. The van der Waals surface area contributed by atoms with Crippen molar-refractivity contribution in [3.05, 3.63) is 42.5 Å². The van der Waals surface area contributed by atoms with E-state index in [0.29, 0.717) is 17.0 Å². The van der Waals surface area contributed by atoms with Gasteiger partial charge in [0.2, 0.25) is 5.91 Å². The molecule has 0 aliphatic carbocycles. The Morgan fingerprint density at radius 2 is 2.00 bits per heavy atom. The van der Waals surface area contributed by atoms with Crippen molar-refractivity contribution in [3.8, 4) is 5.75 Å². The van der Waals surface area contributed by atoms with Gasteiger partial charge >= 0.3 is 0 Å². The molecule has 5 atom stereocenters. The van der Waals surface area contributed by atoms with Crippen LogP contribution < -0.4 is 16.0 Å². The molecule has 2 aromatic heterocycles. The van der Waals surface area contributed by atoms with Crippen molar-refractivity contribution in [2.75, 3.05) is 25.6 Å². The highest BCUT2D eigenvalue weighted by Gasteiger charge is 2.46. The van der Waals surface area contributed by atoms with Crippen LogP contribution in [0.2, 0.25) is 0 Å². The molecule has 0 bridgehead atoms. The number of carbonyl (C=O) groups is 1. The van der Waals surface area contributed by atoms with Crippen molar-refractivity contribution in [3.63, 3.8) is 0 Å². The second kappa shape index (κ2) is 9.27. The Morgan fingerprint density at radius 1 is 1.27 bits per heavy atom. The minimum absolute atomic E-state index is 0.120. The van der Waals surface area contributed by atoms with Crippen LogP contribution in [0.4, 0.5) is 5.82 Å². The molecule has 1 aliphatic heterocycles. The Bertz CT molecular complexity index is 1120. The minimum atomic E-state index is -1.19. The van der Waals surface area contributed by atoms with Crippen molar-refractivity contribution in [2.45, 2.75) is 36.9 Å². The van der Waals surface area contributed by atoms with Gasteiger partial charge in [0, 0.05) is 14.1 Å². The number of nitrogens with one attached hydrogen (secondary N) is 1. The van der Waals surface area contributed by atoms with E-state index in [4.69, 9.17) is 10.5 Å². The van der Waals surface area contributed by atoms with Gasteiger partial charge in [-0.3, -0.25) is 9.36 Å². The average molecular weight is 457 g/mol. The lowest BCUT2D eigenvalue weighted by Gasteiger charge is -2.23. The molecular formula is C21H27N7O5. The molecule has 3 heterocycles. The van der Waals surface area contributed by atoms with E-state index in [1.54, 1.807) is 21.6 Å². The predicted octanol–water partition coefficient (Wildman–Crippen LogP) is -1.10. The van der Waals surface area contributed by atoms with Crippen LogP contribution in [-0.2, 0) is 16.0 Å². The number of hydrogen-bond acceptors (Lipinski definition) is 10. The summed E-state index contributed by atoms with van der Waals surface area (Å²) < 4.78 is 7.42. The van der Waals surface area contributed by atoms with Gasteiger partial charge in [-0.25, -0.2) is 15.0 Å². The van der Waals surface area contributed by atoms with Gasteiger partial charge in [-0.05, 0) is 24.1 Å². The van der Waals surface area contributed by atoms with Gasteiger partial charge in [0.15, 0.2) is 23.2 Å². The van der Waals surface area contributed by atoms with Crippen LogP contribution in [0.3, 0.4) is 0 Å². The van der Waals surface area contributed by atoms with E-state index in [1.807, 2.05) is 14.1 Å². The fourth-order valence-corrected chi connectivity index (χ4v) is 3.91. The summed E-state index contributed by atoms with van der Waals surface area (Å²) in [5.74, 6) is 0.229. The zero-order valence-electron chi connectivity index (χ0n) is 18.2. The zero-order valence-corrected chi connectivity index (χ0v) is 18.2. The number of hydrogen-bond donors (Lipinski definition) is 5. The van der Waals surface area contributed by atoms with Crippen LogP contribution in [-0.4, -0.2) is 85.7 Å². The van der Waals surface area contributed by atoms with Gasteiger partial charge in [-0.15, -0.1) is 0 Å². The molecule has 1 amide bonds. The molecule has 1 saturated heterocycles. The van der Waals surface area contributed by atoms with Crippen molar-refractivity contribution >= 4 is 22.9 Å². The lowest BCUT2D eigenvalue weighted by Crippen LogP contribution is -2.53. The van der Waals surface area contributed by atoms with Crippen molar-refractivity contribution in [1.82, 2.24) is 24.8 Å². The highest BCUT2D eigenvalue weighted by atomic mass is 16.5. The highest BCUT2D eigenvalue weighted by molar-refractivity contribution is 5.83. The van der Waals surface area contributed by atoms with Crippen molar-refractivity contribution in [2.24, 2.45) is 5.73 Å². The summed E-state index contributed by atoms with van der Waals surface area (Å²) in [5.41, 5.74) is 7.80. The van der Waals surface area contributed by atoms with Gasteiger partial charge in [-0.2, -0.15) is 0 Å². The number of amides is 1. The Balaban J connectivity index is 1.51. The first-order valence-electron chi connectivity index (χ1n) is 10.4. The molecule has 0 radical (unpaired) electrons. The molecule has 12 heteroatoms. The van der Waals surface area contributed by atoms with E-state index in [9.17, 15) is 20.1 Å². The van der Waals surface area contributed by atoms with Crippen molar-refractivity contribution in [1.29, 1.82) is 0 Å². The van der Waals surface area contributed by atoms with E-state index < -0.39 is 43.0 Å². The molecule has 1 aliphatic rings. The van der Waals surface area contributed by atoms with Gasteiger partial charge in [0.25, 0.3) is 0 Å². The maximum Gasteiger partial charge on any atom is 0.237 e. The van der Waals surface area contributed by atoms with Gasteiger partial charge in [-0.1, -0.05) is 12.1 Å². The van der Waals surface area contributed by atoms with Gasteiger partial charge in [0.1, 0.15) is 24.3 Å². The molecular weight excluding hydrogens is 430 g/mol. The third-order valence-corrected chi connectivity index (χ3v) is 5.63. The Labute approximate surface area is 189 Å². The Hall–Kier alpha value is -3.32. The third-order valence-electron chi connectivity index (χ3n) is 5.63. The summed E-state index contributed by atoms with van der Waals surface area (Å²) in [6.07, 6.45) is 0.122. The topological polar surface area (TPSA) is 172 Å². The van der Waals surface area contributed by atoms with E-state index in [1.165, 1.54) is 24.8 Å². The van der Waals surface area contributed by atoms with Crippen LogP contribution in [0.25, 0.3) is 11.2 Å². The average Bonchev–Trinajstić information content (AvgIpc) is 3.36. The molecule has 0 saturated carbocycles. The number of aromatic hydroxyl groups is 1. The van der Waals surface area contributed by atoms with Crippen LogP contribution in [0.1, 0.15) is 11.8 Å². The molecule has 0 unspecified atom stereocenters. The number of phenolic OH excluding ortho intramolecular Hbond substituents is 1. The standard InChI is InChI=1S/C21H27N7O5/c1-27(2)18-16-19(24-9-23-18)28(10-25-16)21-17(31)15(14(8-29)33-21)26-20(32)13(22)7-11-3-5-12(30)6-4-11/h3-6,9-10,13-15,17,21,29-31H,7-8,22H2,1-2H3,(H,26,32)/t13-,14-,15-,17-,21-/m1/s1. The Kier molecular flexibility index (Phi) is 6.42. The van der Waals surface area contributed by atoms with Crippen LogP contribution in [0.15, 0.2) is 36.9 Å². The maximum atomic E-state index is 12.7. The quantitative estimate of drug-likeness (QED) is 0.293. The minimum Gasteiger partial charge on any atom is -0.508 e. The number of fused-ring (bicyclic) bond motifs is 1. The lowest BCUT2D eigenvalue weighted by atomic mass is 10.0. The highest BCUT2D eigenvalue weighted by Crippen LogP contribution is 2.32. The van der Waals surface area contributed by atoms with Crippen LogP contribution >= 0.6 is 0 Å². The Morgan fingerprint density at radius 3 is 2.67 bits per heavy atom. The number of ether oxygens (including phenoxy) is 1. The molecule has 12 nitrogen and oxygen atoms in total. The van der Waals surface area contributed by atoms with Crippen LogP contribution in [0, 0.1) is 0 Å². The molecule has 6 N–H and O–H groups in total.